The fraction of sp³-hybridized carbons (Fsp3) is 0.391. The van der Waals surface area contributed by atoms with Gasteiger partial charge in [-0.15, -0.1) is 0 Å². The van der Waals surface area contributed by atoms with E-state index in [4.69, 9.17) is 11.6 Å². The lowest BCUT2D eigenvalue weighted by Crippen LogP contribution is -2.37. The molecule has 172 valence electrons. The molecule has 0 bridgehead atoms. The quantitative estimate of drug-likeness (QED) is 0.429. The number of carbonyl (C=O) groups is 1. The molecule has 9 heteroatoms. The van der Waals surface area contributed by atoms with Crippen LogP contribution in [0.15, 0.2) is 41.3 Å². The maximum atomic E-state index is 13.1. The molecule has 3 aromatic rings. The van der Waals surface area contributed by atoms with Crippen LogP contribution >= 0.6 is 22.9 Å². The molecule has 2 aromatic carbocycles. The summed E-state index contributed by atoms with van der Waals surface area (Å²) in [5.74, 6) is 0.0575. The normalized spacial score (nSPS) is 12.3. The smallest absolute Gasteiger partial charge is 0.257 e. The third-order valence-corrected chi connectivity index (χ3v) is 8.09. The molecule has 1 aromatic heterocycles. The van der Waals surface area contributed by atoms with Gasteiger partial charge in [-0.3, -0.25) is 10.1 Å². The molecule has 0 fully saturated rings. The maximum Gasteiger partial charge on any atom is 0.257 e. The van der Waals surface area contributed by atoms with Crippen LogP contribution in [0.1, 0.15) is 43.6 Å². The van der Waals surface area contributed by atoms with Gasteiger partial charge in [-0.1, -0.05) is 56.7 Å². The second-order valence-electron chi connectivity index (χ2n) is 8.65. The lowest BCUT2D eigenvalue weighted by Gasteiger charge is -2.25. The SMILES string of the molecule is Cc1ccc(Cl)c2sc(NC(=O)c3ccc(S(=O)(=O)N(CC(C)C)CC(C)C)cc3)nc12. The molecular weight excluding hydrogens is 466 g/mol. The van der Waals surface area contributed by atoms with Crippen molar-refractivity contribution in [2.24, 2.45) is 11.8 Å². The predicted molar refractivity (Wildman–Crippen MR) is 132 cm³/mol. The number of fused-ring (bicyclic) bond motifs is 1. The summed E-state index contributed by atoms with van der Waals surface area (Å²) in [5.41, 5.74) is 2.09. The van der Waals surface area contributed by atoms with Crippen molar-refractivity contribution in [2.45, 2.75) is 39.5 Å². The molecule has 0 unspecified atom stereocenters. The Morgan fingerprint density at radius 2 is 1.66 bits per heavy atom. The minimum atomic E-state index is -3.64. The average molecular weight is 494 g/mol. The lowest BCUT2D eigenvalue weighted by atomic mass is 10.2. The van der Waals surface area contributed by atoms with Gasteiger partial charge in [0, 0.05) is 18.7 Å². The molecule has 0 radical (unpaired) electrons. The number of thiazole rings is 1. The summed E-state index contributed by atoms with van der Waals surface area (Å²) in [6.45, 7) is 10.8. The van der Waals surface area contributed by atoms with E-state index >= 15 is 0 Å². The number of hydrogen-bond acceptors (Lipinski definition) is 5. The van der Waals surface area contributed by atoms with Crippen molar-refractivity contribution < 1.29 is 13.2 Å². The highest BCUT2D eigenvalue weighted by Crippen LogP contribution is 2.34. The molecule has 0 saturated carbocycles. The zero-order chi connectivity index (χ0) is 23.6. The number of aromatic nitrogens is 1. The van der Waals surface area contributed by atoms with Crippen LogP contribution in [0.5, 0.6) is 0 Å². The summed E-state index contributed by atoms with van der Waals surface area (Å²) in [7, 11) is -3.64. The van der Waals surface area contributed by atoms with Crippen LogP contribution in [-0.4, -0.2) is 36.7 Å². The van der Waals surface area contributed by atoms with E-state index in [9.17, 15) is 13.2 Å². The number of carbonyl (C=O) groups excluding carboxylic acids is 1. The number of sulfonamides is 1. The number of hydrogen-bond donors (Lipinski definition) is 1. The van der Waals surface area contributed by atoms with Gasteiger partial charge in [0.2, 0.25) is 10.0 Å². The van der Waals surface area contributed by atoms with Gasteiger partial charge in [0.25, 0.3) is 5.91 Å². The van der Waals surface area contributed by atoms with E-state index in [-0.39, 0.29) is 22.6 Å². The van der Waals surface area contributed by atoms with Crippen molar-refractivity contribution in [3.05, 3.63) is 52.5 Å². The molecule has 0 aliphatic heterocycles. The van der Waals surface area contributed by atoms with E-state index < -0.39 is 10.0 Å². The van der Waals surface area contributed by atoms with Gasteiger partial charge >= 0.3 is 0 Å². The highest BCUT2D eigenvalue weighted by molar-refractivity contribution is 7.89. The van der Waals surface area contributed by atoms with Crippen molar-refractivity contribution in [1.82, 2.24) is 9.29 Å². The van der Waals surface area contributed by atoms with Crippen molar-refractivity contribution in [1.29, 1.82) is 0 Å². The van der Waals surface area contributed by atoms with Gasteiger partial charge in [-0.2, -0.15) is 4.31 Å². The Labute approximate surface area is 198 Å². The fourth-order valence-corrected chi connectivity index (χ4v) is 6.32. The molecule has 0 aliphatic rings. The Kier molecular flexibility index (Phi) is 7.60. The zero-order valence-corrected chi connectivity index (χ0v) is 21.2. The van der Waals surface area contributed by atoms with Gasteiger partial charge in [0.15, 0.2) is 5.13 Å². The number of nitrogens with zero attached hydrogens (tertiary/aromatic N) is 2. The fourth-order valence-electron chi connectivity index (χ4n) is 3.34. The van der Waals surface area contributed by atoms with Crippen LogP contribution in [0.4, 0.5) is 5.13 Å². The third-order valence-electron chi connectivity index (χ3n) is 4.81. The van der Waals surface area contributed by atoms with E-state index in [1.165, 1.54) is 39.9 Å². The number of anilines is 1. The zero-order valence-electron chi connectivity index (χ0n) is 18.8. The van der Waals surface area contributed by atoms with Crippen LogP contribution in [-0.2, 0) is 10.0 Å². The van der Waals surface area contributed by atoms with Crippen LogP contribution < -0.4 is 5.32 Å². The summed E-state index contributed by atoms with van der Waals surface area (Å²) in [6.07, 6.45) is 0. The molecule has 0 spiro atoms. The topological polar surface area (TPSA) is 79.4 Å². The first-order valence-corrected chi connectivity index (χ1v) is 13.1. The second-order valence-corrected chi connectivity index (χ2v) is 12.0. The van der Waals surface area contributed by atoms with Crippen LogP contribution in [0.3, 0.4) is 0 Å². The Hall–Kier alpha value is -2.00. The summed E-state index contributed by atoms with van der Waals surface area (Å²) < 4.78 is 28.6. The average Bonchev–Trinajstić information content (AvgIpc) is 3.15. The van der Waals surface area contributed by atoms with E-state index in [1.807, 2.05) is 46.8 Å². The molecule has 3 rings (SSSR count). The first-order chi connectivity index (χ1) is 15.0. The van der Waals surface area contributed by atoms with Gasteiger partial charge in [0.1, 0.15) is 0 Å². The van der Waals surface area contributed by atoms with E-state index in [0.29, 0.717) is 28.8 Å². The third kappa shape index (κ3) is 5.49. The van der Waals surface area contributed by atoms with Crippen LogP contribution in [0.25, 0.3) is 10.2 Å². The Morgan fingerprint density at radius 1 is 1.06 bits per heavy atom. The summed E-state index contributed by atoms with van der Waals surface area (Å²) in [5, 5.41) is 3.82. The molecule has 1 amide bonds. The Morgan fingerprint density at radius 3 is 2.19 bits per heavy atom. The van der Waals surface area contributed by atoms with Crippen LogP contribution in [0.2, 0.25) is 5.02 Å². The minimum absolute atomic E-state index is 0.178. The van der Waals surface area contributed by atoms with Gasteiger partial charge < -0.3 is 0 Å². The minimum Gasteiger partial charge on any atom is -0.298 e. The van der Waals surface area contributed by atoms with Crippen LogP contribution in [0, 0.1) is 18.8 Å². The molecule has 0 saturated heterocycles. The summed E-state index contributed by atoms with van der Waals surface area (Å²) >= 11 is 7.55. The van der Waals surface area contributed by atoms with Crippen molar-refractivity contribution >= 4 is 54.2 Å². The molecule has 1 heterocycles. The molecule has 0 aliphatic carbocycles. The summed E-state index contributed by atoms with van der Waals surface area (Å²) in [6, 6.07) is 9.71. The number of benzene rings is 2. The van der Waals surface area contributed by atoms with Crippen molar-refractivity contribution in [2.75, 3.05) is 18.4 Å². The van der Waals surface area contributed by atoms with E-state index in [2.05, 4.69) is 10.3 Å². The number of nitrogens with one attached hydrogen (secondary N) is 1. The highest BCUT2D eigenvalue weighted by Gasteiger charge is 2.26. The highest BCUT2D eigenvalue weighted by atomic mass is 35.5. The molecule has 32 heavy (non-hydrogen) atoms. The van der Waals surface area contributed by atoms with Gasteiger partial charge in [0.05, 0.1) is 20.1 Å². The first-order valence-electron chi connectivity index (χ1n) is 10.5. The number of aryl methyl sites for hydroxylation is 1. The monoisotopic (exact) mass is 493 g/mol. The molecule has 0 atom stereocenters. The van der Waals surface area contributed by atoms with E-state index in [0.717, 1.165) is 15.8 Å². The second kappa shape index (κ2) is 9.87. The maximum absolute atomic E-state index is 13.1. The van der Waals surface area contributed by atoms with Gasteiger partial charge in [-0.25, -0.2) is 13.4 Å². The molecule has 6 nitrogen and oxygen atoms in total. The predicted octanol–water partition coefficient (Wildman–Crippen LogP) is 5.81. The molecule has 1 N–H and O–H groups in total. The Balaban J connectivity index is 1.80. The standard InChI is InChI=1S/C23H28ClN3O3S2/c1-14(2)12-27(13-15(3)4)32(29,30)18-9-7-17(8-10-18)22(28)26-23-25-20-16(5)6-11-19(24)21(20)31-23/h6-11,14-15H,12-13H2,1-5H3,(H,25,26,28). The summed E-state index contributed by atoms with van der Waals surface area (Å²) in [4.78, 5) is 17.4. The Bertz CT molecular complexity index is 1170. The lowest BCUT2D eigenvalue weighted by molar-refractivity contribution is 0.102. The first kappa shape index (κ1) is 24.6. The largest absolute Gasteiger partial charge is 0.298 e. The number of halogens is 1. The van der Waals surface area contributed by atoms with Gasteiger partial charge in [-0.05, 0) is 54.7 Å². The van der Waals surface area contributed by atoms with E-state index in [1.54, 1.807) is 0 Å². The van der Waals surface area contributed by atoms with Crippen molar-refractivity contribution in [3.8, 4) is 0 Å². The molecular formula is C23H28ClN3O3S2. The van der Waals surface area contributed by atoms with Crippen molar-refractivity contribution in [3.63, 3.8) is 0 Å². The number of rotatable bonds is 8. The number of amides is 1.